The number of hydrogen-bond acceptors (Lipinski definition) is 1. The third-order valence-corrected chi connectivity index (χ3v) is 0. The molecule has 0 aliphatic carbocycles. The second-order valence-corrected chi connectivity index (χ2v) is 1.10. The summed E-state index contributed by atoms with van der Waals surface area (Å²) in [5.74, 6) is 0. The Morgan fingerprint density at radius 2 is 0.786 bits per heavy atom. The summed E-state index contributed by atoms with van der Waals surface area (Å²) in [6, 6.07) is 0. The normalized spacial score (nSPS) is 9.43. The third kappa shape index (κ3) is 10000. The Kier molecular flexibility index (Phi) is 17.9. The summed E-state index contributed by atoms with van der Waals surface area (Å²) >= 11 is 0. The van der Waals surface area contributed by atoms with Gasteiger partial charge in [-0.2, -0.15) is 0 Å². The molecule has 0 rings (SSSR count). The van der Waals surface area contributed by atoms with E-state index in [1.54, 1.807) is 0 Å². The molecule has 0 saturated heterocycles. The van der Waals surface area contributed by atoms with Gasteiger partial charge in [-0.1, -0.05) is 0 Å². The fraction of sp³-hybridized carbons (Fsp3) is 0. The summed E-state index contributed by atoms with van der Waals surface area (Å²) in [5.41, 5.74) is 0. The van der Waals surface area contributed by atoms with Gasteiger partial charge >= 0.3 is 33.4 Å². The van der Waals surface area contributed by atoms with Crippen molar-refractivity contribution in [3.8, 4) is 0 Å². The molecular weight excluding hydrogens is 225 g/mol. The van der Waals surface area contributed by atoms with E-state index in [0.29, 0.717) is 0 Å². The van der Waals surface area contributed by atoms with Crippen LogP contribution in [0, 0.1) is 0 Å². The van der Waals surface area contributed by atoms with E-state index in [4.69, 9.17) is 9.90 Å². The quantitative estimate of drug-likeness (QED) is 0.388. The van der Waals surface area contributed by atoms with Gasteiger partial charge in [-0.15, -0.1) is 0 Å². The van der Waals surface area contributed by atoms with Crippen LogP contribution in [0.15, 0.2) is 0 Å². The van der Waals surface area contributed by atoms with Gasteiger partial charge < -0.3 is 39.6 Å². The average Bonchev–Trinajstić information content (AvgIpc) is 1.52. The van der Waals surface area contributed by atoms with Crippen LogP contribution in [0.25, 0.3) is 0 Å². The summed E-state index contributed by atoms with van der Waals surface area (Å²) < 4.78 is 78.0. The topological polar surface area (TPSA) is 37.3 Å². The Hall–Kier alpha value is -0.363. The molecule has 1 N–H and O–H groups in total. The van der Waals surface area contributed by atoms with E-state index in [9.17, 15) is 34.5 Å². The zero-order valence-electron chi connectivity index (χ0n) is 5.61. The molecule has 0 aromatic carbocycles. The van der Waals surface area contributed by atoms with Gasteiger partial charge in [-0.05, 0) is 0 Å². The molecule has 13 heteroatoms. The summed E-state index contributed by atoms with van der Waals surface area (Å²) in [4.78, 5) is 8.36. The maximum absolute atomic E-state index is 9.75. The van der Waals surface area contributed by atoms with Crippen LogP contribution in [0.2, 0.25) is 0 Å². The standard InChI is InChI=1S/CH2O2.2BF4.Li.H/c2-1-3;2*2-1(3,4)5;;/h1H,(H,2,3);;;;/q;2*-1;;. The van der Waals surface area contributed by atoms with E-state index in [1.807, 2.05) is 0 Å². The number of hydrogen-bond donors (Lipinski definition) is 1. The first-order valence-electron chi connectivity index (χ1n) is 2.24. The number of rotatable bonds is 0. The van der Waals surface area contributed by atoms with Crippen molar-refractivity contribution in [2.45, 2.75) is 0 Å². The van der Waals surface area contributed by atoms with Crippen LogP contribution in [0.5, 0.6) is 0 Å². The SMILES string of the molecule is F[B-](F)(F)F.F[B-](F)(F)F.O=CO.[LiH]. The Morgan fingerprint density at radius 3 is 0.786 bits per heavy atom. The summed E-state index contributed by atoms with van der Waals surface area (Å²) in [6.07, 6.45) is 0. The monoisotopic (exact) mass is 228 g/mol. The van der Waals surface area contributed by atoms with Crippen LogP contribution >= 0.6 is 0 Å². The van der Waals surface area contributed by atoms with E-state index in [1.165, 1.54) is 0 Å². The van der Waals surface area contributed by atoms with Crippen molar-refractivity contribution in [2.24, 2.45) is 0 Å². The first-order chi connectivity index (χ1) is 5.41. The van der Waals surface area contributed by atoms with Gasteiger partial charge in [0, 0.05) is 0 Å². The Labute approximate surface area is 85.0 Å². The molecule has 0 amide bonds. The molecule has 0 spiro atoms. The predicted molar refractivity (Wildman–Crippen MR) is 36.2 cm³/mol. The minimum atomic E-state index is -6.00. The summed E-state index contributed by atoms with van der Waals surface area (Å²) in [5, 5.41) is 6.89. The van der Waals surface area contributed by atoms with Crippen molar-refractivity contribution >= 4 is 39.8 Å². The van der Waals surface area contributed by atoms with Gasteiger partial charge in [-0.25, -0.2) is 0 Å². The Morgan fingerprint density at radius 1 is 0.786 bits per heavy atom. The summed E-state index contributed by atoms with van der Waals surface area (Å²) in [7, 11) is -12.0. The molecule has 0 aliphatic rings. The molecule has 0 heterocycles. The molecule has 0 aromatic rings. The average molecular weight is 228 g/mol. The first-order valence-corrected chi connectivity index (χ1v) is 2.24. The van der Waals surface area contributed by atoms with E-state index < -0.39 is 14.5 Å². The fourth-order valence-electron chi connectivity index (χ4n) is 0. The van der Waals surface area contributed by atoms with Crippen molar-refractivity contribution in [3.05, 3.63) is 0 Å². The van der Waals surface area contributed by atoms with Crippen molar-refractivity contribution < 1.29 is 44.4 Å². The number of halogens is 8. The molecule has 14 heavy (non-hydrogen) atoms. The van der Waals surface area contributed by atoms with Gasteiger partial charge in [0.25, 0.3) is 6.47 Å². The zero-order chi connectivity index (χ0) is 11.7. The van der Waals surface area contributed by atoms with Gasteiger partial charge in [0.05, 0.1) is 0 Å². The molecule has 2 nitrogen and oxygen atoms in total. The molecular formula is CH3B2F8LiO2-2. The maximum atomic E-state index is 9.75. The number of carbonyl (C=O) groups is 1. The van der Waals surface area contributed by atoms with E-state index in [0.717, 1.165) is 0 Å². The fourth-order valence-corrected chi connectivity index (χ4v) is 0. The zero-order valence-corrected chi connectivity index (χ0v) is 5.61. The molecule has 0 saturated carbocycles. The second kappa shape index (κ2) is 10.7. The van der Waals surface area contributed by atoms with Crippen LogP contribution < -0.4 is 0 Å². The van der Waals surface area contributed by atoms with Crippen molar-refractivity contribution in [3.63, 3.8) is 0 Å². The Bertz CT molecular complexity index is 97.5. The second-order valence-electron chi connectivity index (χ2n) is 1.10. The van der Waals surface area contributed by atoms with E-state index in [2.05, 4.69) is 0 Å². The van der Waals surface area contributed by atoms with Crippen molar-refractivity contribution in [1.82, 2.24) is 0 Å². The predicted octanol–water partition coefficient (Wildman–Crippen LogP) is 1.65. The molecule has 84 valence electrons. The molecule has 0 aliphatic heterocycles. The van der Waals surface area contributed by atoms with Crippen molar-refractivity contribution in [1.29, 1.82) is 0 Å². The molecule has 0 aromatic heterocycles. The van der Waals surface area contributed by atoms with E-state index >= 15 is 0 Å². The van der Waals surface area contributed by atoms with Gasteiger partial charge in [-0.3, -0.25) is 4.79 Å². The van der Waals surface area contributed by atoms with E-state index in [-0.39, 0.29) is 25.3 Å². The van der Waals surface area contributed by atoms with Crippen LogP contribution in [-0.4, -0.2) is 44.9 Å². The van der Waals surface area contributed by atoms with Crippen LogP contribution in [0.4, 0.5) is 34.5 Å². The van der Waals surface area contributed by atoms with Crippen LogP contribution in [-0.2, 0) is 4.79 Å². The molecule has 0 bridgehead atoms. The van der Waals surface area contributed by atoms with Crippen molar-refractivity contribution in [2.75, 3.05) is 0 Å². The number of carboxylic acid groups (broad SMARTS) is 1. The third-order valence-electron chi connectivity index (χ3n) is 0. The molecule has 0 fully saturated rings. The molecule has 0 atom stereocenters. The molecule has 0 unspecified atom stereocenters. The minimum absolute atomic E-state index is 0. The first kappa shape index (κ1) is 23.4. The van der Waals surface area contributed by atoms with Crippen LogP contribution in [0.1, 0.15) is 0 Å². The summed E-state index contributed by atoms with van der Waals surface area (Å²) in [6.45, 7) is -0.250. The van der Waals surface area contributed by atoms with Crippen LogP contribution in [0.3, 0.4) is 0 Å². The van der Waals surface area contributed by atoms with Gasteiger partial charge in [0.2, 0.25) is 0 Å². The van der Waals surface area contributed by atoms with Gasteiger partial charge in [0.15, 0.2) is 0 Å². The van der Waals surface area contributed by atoms with Gasteiger partial charge in [0.1, 0.15) is 0 Å². The Balaban J connectivity index is -0.0000000535. The molecule has 0 radical (unpaired) electrons.